The van der Waals surface area contributed by atoms with Crippen molar-refractivity contribution in [2.75, 3.05) is 17.2 Å². The normalized spacial score (nSPS) is 11.8. The van der Waals surface area contributed by atoms with Gasteiger partial charge < -0.3 is 16.8 Å². The van der Waals surface area contributed by atoms with E-state index in [1.165, 1.54) is 4.90 Å². The molecule has 3 aromatic rings. The standard InChI is InChI=1S/C26H30ClN5O3S/c1-14(2)11-12-30-25(34)22(17-7-9-18(27)10-8-17)32(19-13-15(3)5-6-16(19)4)26(35)23-20(28)21(24(29)33)31-36-23/h5-10,13-14,22H,11-12,28H2,1-4H3,(H2,29,33)(H,30,34). The Balaban J connectivity index is 2.21. The van der Waals surface area contributed by atoms with Gasteiger partial charge in [-0.25, -0.2) is 0 Å². The molecule has 3 amide bonds. The highest BCUT2D eigenvalue weighted by molar-refractivity contribution is 7.09. The molecule has 1 aromatic heterocycles. The number of nitrogens with zero attached hydrogens (tertiary/aromatic N) is 2. The molecule has 190 valence electrons. The molecule has 1 unspecified atom stereocenters. The molecular formula is C26H30ClN5O3S. The number of amides is 3. The monoisotopic (exact) mass is 527 g/mol. The number of hydrogen-bond acceptors (Lipinski definition) is 6. The lowest BCUT2D eigenvalue weighted by Gasteiger charge is -2.32. The number of aromatic nitrogens is 1. The van der Waals surface area contributed by atoms with Crippen LogP contribution in [0.25, 0.3) is 0 Å². The Hall–Kier alpha value is -3.43. The molecule has 0 fully saturated rings. The molecule has 2 aromatic carbocycles. The van der Waals surface area contributed by atoms with Crippen molar-refractivity contribution >= 4 is 52.2 Å². The fraction of sp³-hybridized carbons (Fsp3) is 0.308. The number of nitrogens with one attached hydrogen (secondary N) is 1. The van der Waals surface area contributed by atoms with Crippen molar-refractivity contribution in [3.05, 3.63) is 74.7 Å². The molecule has 1 atom stereocenters. The SMILES string of the molecule is Cc1ccc(C)c(N(C(=O)c2snc(C(N)=O)c2N)C(C(=O)NCCC(C)C)c2ccc(Cl)cc2)c1. The van der Waals surface area contributed by atoms with Crippen LogP contribution in [0.15, 0.2) is 42.5 Å². The quantitative estimate of drug-likeness (QED) is 0.373. The number of aryl methyl sites for hydroxylation is 2. The molecule has 3 rings (SSSR count). The van der Waals surface area contributed by atoms with Gasteiger partial charge in [-0.2, -0.15) is 4.37 Å². The van der Waals surface area contributed by atoms with Crippen molar-refractivity contribution in [3.63, 3.8) is 0 Å². The summed E-state index contributed by atoms with van der Waals surface area (Å²) in [5, 5.41) is 3.47. The molecule has 0 aliphatic carbocycles. The van der Waals surface area contributed by atoms with Gasteiger partial charge in [0.2, 0.25) is 5.91 Å². The Labute approximate surface area is 219 Å². The minimum absolute atomic E-state index is 0.0265. The van der Waals surface area contributed by atoms with E-state index >= 15 is 0 Å². The fourth-order valence-corrected chi connectivity index (χ4v) is 4.60. The lowest BCUT2D eigenvalue weighted by atomic mass is 10.00. The molecule has 36 heavy (non-hydrogen) atoms. The van der Waals surface area contributed by atoms with Crippen LogP contribution in [-0.4, -0.2) is 28.6 Å². The summed E-state index contributed by atoms with van der Waals surface area (Å²) in [6.07, 6.45) is 0.778. The van der Waals surface area contributed by atoms with Crippen molar-refractivity contribution in [2.24, 2.45) is 11.7 Å². The van der Waals surface area contributed by atoms with Crippen LogP contribution < -0.4 is 21.7 Å². The van der Waals surface area contributed by atoms with Gasteiger partial charge in [0.25, 0.3) is 11.8 Å². The zero-order valence-electron chi connectivity index (χ0n) is 20.7. The highest BCUT2D eigenvalue weighted by Gasteiger charge is 2.36. The van der Waals surface area contributed by atoms with Crippen LogP contribution in [0.4, 0.5) is 11.4 Å². The van der Waals surface area contributed by atoms with Gasteiger partial charge in [-0.1, -0.05) is 49.7 Å². The fourth-order valence-electron chi connectivity index (χ4n) is 3.73. The molecule has 5 N–H and O–H groups in total. The van der Waals surface area contributed by atoms with Crippen LogP contribution in [0.5, 0.6) is 0 Å². The van der Waals surface area contributed by atoms with E-state index in [1.54, 1.807) is 24.3 Å². The van der Waals surface area contributed by atoms with Gasteiger partial charge in [0, 0.05) is 17.3 Å². The largest absolute Gasteiger partial charge is 0.395 e. The van der Waals surface area contributed by atoms with E-state index in [0.717, 1.165) is 29.1 Å². The maximum Gasteiger partial charge on any atom is 0.273 e. The van der Waals surface area contributed by atoms with Crippen molar-refractivity contribution < 1.29 is 14.4 Å². The molecule has 0 saturated heterocycles. The Morgan fingerprint density at radius 1 is 1.11 bits per heavy atom. The summed E-state index contributed by atoms with van der Waals surface area (Å²) in [5.41, 5.74) is 14.0. The maximum absolute atomic E-state index is 14.1. The van der Waals surface area contributed by atoms with E-state index in [9.17, 15) is 14.4 Å². The lowest BCUT2D eigenvalue weighted by Crippen LogP contribution is -2.44. The summed E-state index contributed by atoms with van der Waals surface area (Å²) in [4.78, 5) is 41.0. The number of carbonyl (C=O) groups excluding carboxylic acids is 3. The van der Waals surface area contributed by atoms with Gasteiger partial charge in [-0.05, 0) is 72.6 Å². The molecule has 8 nitrogen and oxygen atoms in total. The van der Waals surface area contributed by atoms with Gasteiger partial charge >= 0.3 is 0 Å². The lowest BCUT2D eigenvalue weighted by molar-refractivity contribution is -0.122. The first-order valence-corrected chi connectivity index (χ1v) is 12.6. The maximum atomic E-state index is 14.1. The number of halogens is 1. The van der Waals surface area contributed by atoms with E-state index < -0.39 is 17.9 Å². The third-order valence-electron chi connectivity index (χ3n) is 5.71. The van der Waals surface area contributed by atoms with Gasteiger partial charge in [-0.15, -0.1) is 0 Å². The number of nitrogen functional groups attached to an aromatic ring is 1. The summed E-state index contributed by atoms with van der Waals surface area (Å²) in [7, 11) is 0. The number of benzene rings is 2. The minimum Gasteiger partial charge on any atom is -0.395 e. The summed E-state index contributed by atoms with van der Waals surface area (Å²) < 4.78 is 3.99. The topological polar surface area (TPSA) is 131 Å². The molecule has 0 aliphatic rings. The number of rotatable bonds is 9. The molecule has 0 saturated carbocycles. The minimum atomic E-state index is -1.04. The average molecular weight is 528 g/mol. The number of hydrogen-bond donors (Lipinski definition) is 3. The number of carbonyl (C=O) groups is 3. The Morgan fingerprint density at radius 3 is 2.36 bits per heavy atom. The van der Waals surface area contributed by atoms with Crippen molar-refractivity contribution in [1.29, 1.82) is 0 Å². The van der Waals surface area contributed by atoms with E-state index in [1.807, 2.05) is 32.0 Å². The summed E-state index contributed by atoms with van der Waals surface area (Å²) >= 11 is 6.89. The van der Waals surface area contributed by atoms with Gasteiger partial charge in [0.1, 0.15) is 10.9 Å². The smallest absolute Gasteiger partial charge is 0.273 e. The van der Waals surface area contributed by atoms with Crippen molar-refractivity contribution in [1.82, 2.24) is 9.69 Å². The van der Waals surface area contributed by atoms with Gasteiger partial charge in [-0.3, -0.25) is 19.3 Å². The zero-order valence-corrected chi connectivity index (χ0v) is 22.2. The highest BCUT2D eigenvalue weighted by Crippen LogP contribution is 2.35. The van der Waals surface area contributed by atoms with Crippen molar-refractivity contribution in [3.8, 4) is 0 Å². The third kappa shape index (κ3) is 6.03. The van der Waals surface area contributed by atoms with Crippen LogP contribution in [0, 0.1) is 19.8 Å². The molecule has 0 bridgehead atoms. The predicted octanol–water partition coefficient (Wildman–Crippen LogP) is 4.64. The van der Waals surface area contributed by atoms with E-state index in [2.05, 4.69) is 23.5 Å². The predicted molar refractivity (Wildman–Crippen MR) is 144 cm³/mol. The first-order valence-electron chi connectivity index (χ1n) is 11.5. The number of nitrogens with two attached hydrogens (primary N) is 2. The Bertz CT molecular complexity index is 1270. The highest BCUT2D eigenvalue weighted by atomic mass is 35.5. The van der Waals surface area contributed by atoms with Crippen LogP contribution in [0.3, 0.4) is 0 Å². The molecular weight excluding hydrogens is 498 g/mol. The molecule has 0 spiro atoms. The van der Waals surface area contributed by atoms with E-state index in [0.29, 0.717) is 28.7 Å². The van der Waals surface area contributed by atoms with E-state index in [-0.39, 0.29) is 22.2 Å². The first-order chi connectivity index (χ1) is 17.0. The number of primary amides is 1. The van der Waals surface area contributed by atoms with Gasteiger partial charge in [0.15, 0.2) is 5.69 Å². The van der Waals surface area contributed by atoms with Crippen molar-refractivity contribution in [2.45, 2.75) is 40.2 Å². The summed E-state index contributed by atoms with van der Waals surface area (Å²) in [6, 6.07) is 11.4. The first kappa shape index (κ1) is 27.2. The van der Waals surface area contributed by atoms with Crippen LogP contribution >= 0.6 is 23.1 Å². The van der Waals surface area contributed by atoms with Crippen LogP contribution in [0.2, 0.25) is 5.02 Å². The number of anilines is 2. The molecule has 0 aliphatic heterocycles. The van der Waals surface area contributed by atoms with Gasteiger partial charge in [0.05, 0.1) is 5.69 Å². The summed E-state index contributed by atoms with van der Waals surface area (Å²) in [6.45, 7) is 8.34. The molecule has 1 heterocycles. The van der Waals surface area contributed by atoms with Crippen LogP contribution in [-0.2, 0) is 4.79 Å². The third-order valence-corrected chi connectivity index (χ3v) is 6.81. The second-order valence-electron chi connectivity index (χ2n) is 9.03. The second-order valence-corrected chi connectivity index (χ2v) is 10.2. The van der Waals surface area contributed by atoms with Crippen LogP contribution in [0.1, 0.15) is 63.2 Å². The average Bonchev–Trinajstić information content (AvgIpc) is 3.21. The zero-order chi connectivity index (χ0) is 26.6. The summed E-state index contributed by atoms with van der Waals surface area (Å²) in [5.74, 6) is -1.36. The Kier molecular flexibility index (Phi) is 8.70. The molecule has 0 radical (unpaired) electrons. The Morgan fingerprint density at radius 2 is 1.78 bits per heavy atom. The molecule has 10 heteroatoms. The van der Waals surface area contributed by atoms with E-state index in [4.69, 9.17) is 23.1 Å². The second kappa shape index (κ2) is 11.5.